The maximum Gasteiger partial charge on any atom is 0.270 e. The molecule has 3 aromatic rings. The molecular formula is C20H16N4O5S. The van der Waals surface area contributed by atoms with Crippen LogP contribution in [0.25, 0.3) is 0 Å². The van der Waals surface area contributed by atoms with Crippen molar-refractivity contribution in [3.05, 3.63) is 88.2 Å². The van der Waals surface area contributed by atoms with Crippen molar-refractivity contribution >= 4 is 33.0 Å². The number of carbonyl (C=O) groups is 1. The molecule has 10 heteroatoms. The quantitative estimate of drug-likeness (QED) is 0.496. The number of benzene rings is 2. The van der Waals surface area contributed by atoms with Gasteiger partial charge in [0.25, 0.3) is 21.6 Å². The Hall–Kier alpha value is -3.79. The smallest absolute Gasteiger partial charge is 0.270 e. The Kier molecular flexibility index (Phi) is 4.92. The second-order valence-electron chi connectivity index (χ2n) is 6.65. The molecule has 0 saturated carbocycles. The van der Waals surface area contributed by atoms with E-state index in [2.05, 4.69) is 9.71 Å². The molecule has 4 rings (SSSR count). The van der Waals surface area contributed by atoms with E-state index < -0.39 is 14.9 Å². The molecule has 1 aliphatic heterocycles. The topological polar surface area (TPSA) is 123 Å². The molecular weight excluding hydrogens is 408 g/mol. The van der Waals surface area contributed by atoms with Crippen LogP contribution in [0.4, 0.5) is 17.1 Å². The molecule has 0 spiro atoms. The SMILES string of the molecule is O=C(c1cccnc1)N1CCc2ccc(NS(=O)(=O)c3cccc([N+](=O)[O-])c3)cc21. The van der Waals surface area contributed by atoms with Gasteiger partial charge in [-0.2, -0.15) is 0 Å². The van der Waals surface area contributed by atoms with Gasteiger partial charge in [-0.3, -0.25) is 24.6 Å². The summed E-state index contributed by atoms with van der Waals surface area (Å²) in [5.74, 6) is -0.222. The third kappa shape index (κ3) is 3.72. The zero-order valence-corrected chi connectivity index (χ0v) is 16.4. The number of pyridine rings is 1. The van der Waals surface area contributed by atoms with E-state index in [0.29, 0.717) is 24.2 Å². The lowest BCUT2D eigenvalue weighted by atomic mass is 10.1. The number of anilines is 2. The number of nitrogens with zero attached hydrogens (tertiary/aromatic N) is 3. The lowest BCUT2D eigenvalue weighted by Crippen LogP contribution is -2.29. The monoisotopic (exact) mass is 424 g/mol. The molecule has 1 N–H and O–H groups in total. The number of fused-ring (bicyclic) bond motifs is 1. The first-order valence-corrected chi connectivity index (χ1v) is 10.5. The van der Waals surface area contributed by atoms with Gasteiger partial charge in [0.15, 0.2) is 0 Å². The summed E-state index contributed by atoms with van der Waals surface area (Å²) in [6.07, 6.45) is 3.71. The van der Waals surface area contributed by atoms with Crippen LogP contribution in [0, 0.1) is 10.1 Å². The normalized spacial score (nSPS) is 13.0. The molecule has 30 heavy (non-hydrogen) atoms. The average molecular weight is 424 g/mol. The highest BCUT2D eigenvalue weighted by Crippen LogP contribution is 2.33. The maximum absolute atomic E-state index is 12.8. The fourth-order valence-electron chi connectivity index (χ4n) is 3.28. The van der Waals surface area contributed by atoms with Gasteiger partial charge in [-0.15, -0.1) is 0 Å². The number of nitrogens with one attached hydrogen (secondary N) is 1. The predicted octanol–water partition coefficient (Wildman–Crippen LogP) is 2.99. The number of carbonyl (C=O) groups excluding carboxylic acids is 1. The zero-order valence-electron chi connectivity index (χ0n) is 15.6. The van der Waals surface area contributed by atoms with Crippen LogP contribution >= 0.6 is 0 Å². The Morgan fingerprint density at radius 1 is 1.13 bits per heavy atom. The standard InChI is InChI=1S/C20H16N4O5S/c25-20(15-3-2-9-21-13-15)23-10-8-14-6-7-16(11-19(14)23)22-30(28,29)18-5-1-4-17(12-18)24(26)27/h1-7,9,11-13,22H,8,10H2. The minimum Gasteiger partial charge on any atom is -0.308 e. The summed E-state index contributed by atoms with van der Waals surface area (Å²) in [6, 6.07) is 13.1. The van der Waals surface area contributed by atoms with Crippen molar-refractivity contribution in [2.75, 3.05) is 16.2 Å². The van der Waals surface area contributed by atoms with Crippen LogP contribution in [0.15, 0.2) is 71.9 Å². The van der Waals surface area contributed by atoms with Crippen molar-refractivity contribution in [3.63, 3.8) is 0 Å². The van der Waals surface area contributed by atoms with Gasteiger partial charge in [-0.25, -0.2) is 8.42 Å². The molecule has 9 nitrogen and oxygen atoms in total. The van der Waals surface area contributed by atoms with E-state index >= 15 is 0 Å². The van der Waals surface area contributed by atoms with Gasteiger partial charge in [0, 0.05) is 36.8 Å². The number of nitro groups is 1. The Morgan fingerprint density at radius 2 is 1.97 bits per heavy atom. The molecule has 2 heterocycles. The van der Waals surface area contributed by atoms with E-state index in [4.69, 9.17) is 0 Å². The molecule has 0 fully saturated rings. The van der Waals surface area contributed by atoms with Crippen LogP contribution in [0.1, 0.15) is 15.9 Å². The van der Waals surface area contributed by atoms with Crippen molar-refractivity contribution in [1.82, 2.24) is 4.98 Å². The predicted molar refractivity (Wildman–Crippen MR) is 110 cm³/mol. The Bertz CT molecular complexity index is 1250. The summed E-state index contributed by atoms with van der Waals surface area (Å²) >= 11 is 0. The summed E-state index contributed by atoms with van der Waals surface area (Å²) in [4.78, 5) is 28.4. The minimum atomic E-state index is -4.04. The first kappa shape index (κ1) is 19.5. The highest BCUT2D eigenvalue weighted by molar-refractivity contribution is 7.92. The molecule has 0 atom stereocenters. The van der Waals surface area contributed by atoms with Gasteiger partial charge in [0.2, 0.25) is 0 Å². The number of sulfonamides is 1. The first-order valence-electron chi connectivity index (χ1n) is 8.97. The molecule has 1 amide bonds. The second-order valence-corrected chi connectivity index (χ2v) is 8.33. The van der Waals surface area contributed by atoms with Crippen molar-refractivity contribution in [1.29, 1.82) is 0 Å². The molecule has 0 bridgehead atoms. The lowest BCUT2D eigenvalue weighted by molar-refractivity contribution is -0.385. The molecule has 2 aromatic carbocycles. The van der Waals surface area contributed by atoms with E-state index in [9.17, 15) is 23.3 Å². The molecule has 1 aliphatic rings. The molecule has 152 valence electrons. The highest BCUT2D eigenvalue weighted by atomic mass is 32.2. The number of hydrogen-bond acceptors (Lipinski definition) is 6. The molecule has 0 saturated heterocycles. The molecule has 0 aliphatic carbocycles. The van der Waals surface area contributed by atoms with Gasteiger partial charge in [0.05, 0.1) is 21.1 Å². The van der Waals surface area contributed by atoms with E-state index in [1.807, 2.05) is 0 Å². The average Bonchev–Trinajstić information content (AvgIpc) is 3.17. The van der Waals surface area contributed by atoms with Crippen LogP contribution in [0.2, 0.25) is 0 Å². The number of amides is 1. The molecule has 0 unspecified atom stereocenters. The van der Waals surface area contributed by atoms with Crippen LogP contribution < -0.4 is 9.62 Å². The minimum absolute atomic E-state index is 0.222. The summed E-state index contributed by atoms with van der Waals surface area (Å²) in [5.41, 5.74) is 1.91. The highest BCUT2D eigenvalue weighted by Gasteiger charge is 2.27. The Labute approximate surface area is 172 Å². The Morgan fingerprint density at radius 3 is 2.70 bits per heavy atom. The third-order valence-electron chi connectivity index (χ3n) is 4.73. The van der Waals surface area contributed by atoms with Crippen LogP contribution in [-0.2, 0) is 16.4 Å². The van der Waals surface area contributed by atoms with Crippen molar-refractivity contribution in [2.45, 2.75) is 11.3 Å². The zero-order chi connectivity index (χ0) is 21.3. The fraction of sp³-hybridized carbons (Fsp3) is 0.100. The summed E-state index contributed by atoms with van der Waals surface area (Å²) < 4.78 is 27.8. The van der Waals surface area contributed by atoms with Gasteiger partial charge >= 0.3 is 0 Å². The Balaban J connectivity index is 1.62. The summed E-state index contributed by atoms with van der Waals surface area (Å²) in [6.45, 7) is 0.476. The first-order chi connectivity index (χ1) is 14.3. The maximum atomic E-state index is 12.8. The number of hydrogen-bond donors (Lipinski definition) is 1. The van der Waals surface area contributed by atoms with Crippen molar-refractivity contribution in [3.8, 4) is 0 Å². The largest absolute Gasteiger partial charge is 0.308 e. The van der Waals surface area contributed by atoms with Gasteiger partial charge in [-0.1, -0.05) is 12.1 Å². The third-order valence-corrected chi connectivity index (χ3v) is 6.10. The number of non-ortho nitro benzene ring substituents is 1. The van der Waals surface area contributed by atoms with Crippen LogP contribution in [0.5, 0.6) is 0 Å². The summed E-state index contributed by atoms with van der Waals surface area (Å²) in [7, 11) is -4.04. The fourth-order valence-corrected chi connectivity index (χ4v) is 4.37. The second kappa shape index (κ2) is 7.56. The van der Waals surface area contributed by atoms with Gasteiger partial charge < -0.3 is 4.90 Å². The number of nitro benzene ring substituents is 1. The van der Waals surface area contributed by atoms with Crippen molar-refractivity contribution in [2.24, 2.45) is 0 Å². The molecule has 0 radical (unpaired) electrons. The van der Waals surface area contributed by atoms with Crippen molar-refractivity contribution < 1.29 is 18.1 Å². The van der Waals surface area contributed by atoms with Crippen LogP contribution in [-0.4, -0.2) is 30.8 Å². The van der Waals surface area contributed by atoms with E-state index in [-0.39, 0.29) is 22.2 Å². The van der Waals surface area contributed by atoms with Gasteiger partial charge in [0.1, 0.15) is 0 Å². The number of rotatable bonds is 5. The van der Waals surface area contributed by atoms with E-state index in [0.717, 1.165) is 11.6 Å². The van der Waals surface area contributed by atoms with E-state index in [1.165, 1.54) is 24.4 Å². The van der Waals surface area contributed by atoms with Crippen LogP contribution in [0.3, 0.4) is 0 Å². The van der Waals surface area contributed by atoms with E-state index in [1.54, 1.807) is 41.4 Å². The van der Waals surface area contributed by atoms with Gasteiger partial charge in [-0.05, 0) is 42.3 Å². The number of aromatic nitrogens is 1. The summed E-state index contributed by atoms with van der Waals surface area (Å²) in [5, 5.41) is 10.9. The molecule has 1 aromatic heterocycles. The lowest BCUT2D eigenvalue weighted by Gasteiger charge is -2.18.